The van der Waals surface area contributed by atoms with Crippen molar-refractivity contribution in [3.63, 3.8) is 0 Å². The summed E-state index contributed by atoms with van der Waals surface area (Å²) in [4.78, 5) is 0. The Morgan fingerprint density at radius 2 is 2.38 bits per heavy atom. The van der Waals surface area contributed by atoms with E-state index in [1.165, 1.54) is 19.4 Å². The molecule has 1 aliphatic heterocycles. The zero-order chi connectivity index (χ0) is 5.98. The maximum Gasteiger partial charge on any atom is 0.00673 e. The fourth-order valence-electron chi connectivity index (χ4n) is 1.47. The van der Waals surface area contributed by atoms with Crippen molar-refractivity contribution in [3.8, 4) is 0 Å². The first-order valence-corrected chi connectivity index (χ1v) is 3.58. The van der Waals surface area contributed by atoms with E-state index in [0.717, 1.165) is 12.0 Å². The molecule has 0 bridgehead atoms. The minimum absolute atomic E-state index is 0.778. The number of nitrogens with one attached hydrogen (secondary N) is 1. The van der Waals surface area contributed by atoms with Gasteiger partial charge < -0.3 is 5.32 Å². The standard InChI is InChI=1S/C7H15N/c1-3-7-4-5-8-6(7)2/h6-8H,3-5H2,1-2H3/t6-,7+/m1/s1. The Kier molecular flexibility index (Phi) is 1.90. The monoisotopic (exact) mass is 113 g/mol. The van der Waals surface area contributed by atoms with Crippen LogP contribution in [0.5, 0.6) is 0 Å². The van der Waals surface area contributed by atoms with E-state index in [9.17, 15) is 0 Å². The number of hydrogen-bond donors (Lipinski definition) is 1. The molecular weight excluding hydrogens is 98.1 g/mol. The van der Waals surface area contributed by atoms with Gasteiger partial charge in [0.15, 0.2) is 0 Å². The minimum atomic E-state index is 0.778. The number of hydrogen-bond acceptors (Lipinski definition) is 1. The van der Waals surface area contributed by atoms with Crippen molar-refractivity contribution in [2.24, 2.45) is 5.92 Å². The Morgan fingerprint density at radius 1 is 1.62 bits per heavy atom. The molecule has 1 aliphatic rings. The first-order chi connectivity index (χ1) is 3.84. The van der Waals surface area contributed by atoms with Crippen LogP contribution in [0.25, 0.3) is 0 Å². The van der Waals surface area contributed by atoms with E-state index in [1.807, 2.05) is 0 Å². The van der Waals surface area contributed by atoms with Crippen LogP contribution >= 0.6 is 0 Å². The Hall–Kier alpha value is -0.0400. The summed E-state index contributed by atoms with van der Waals surface area (Å²) in [5.74, 6) is 0.954. The molecule has 0 aromatic rings. The lowest BCUT2D eigenvalue weighted by Gasteiger charge is -2.10. The van der Waals surface area contributed by atoms with E-state index >= 15 is 0 Å². The summed E-state index contributed by atoms with van der Waals surface area (Å²) in [5.41, 5.74) is 0. The second-order valence-corrected chi connectivity index (χ2v) is 2.70. The van der Waals surface area contributed by atoms with Gasteiger partial charge in [0.1, 0.15) is 0 Å². The van der Waals surface area contributed by atoms with E-state index < -0.39 is 0 Å². The van der Waals surface area contributed by atoms with Gasteiger partial charge in [-0.2, -0.15) is 0 Å². The molecule has 1 rings (SSSR count). The summed E-state index contributed by atoms with van der Waals surface area (Å²) in [6.45, 7) is 5.79. The van der Waals surface area contributed by atoms with Gasteiger partial charge in [0.05, 0.1) is 0 Å². The van der Waals surface area contributed by atoms with Crippen molar-refractivity contribution in [2.45, 2.75) is 32.7 Å². The third kappa shape index (κ3) is 1.03. The summed E-state index contributed by atoms with van der Waals surface area (Å²) in [7, 11) is 0. The molecule has 1 saturated heterocycles. The van der Waals surface area contributed by atoms with Crippen LogP contribution in [-0.4, -0.2) is 12.6 Å². The fourth-order valence-corrected chi connectivity index (χ4v) is 1.47. The minimum Gasteiger partial charge on any atom is -0.314 e. The molecule has 0 unspecified atom stereocenters. The molecule has 0 spiro atoms. The van der Waals surface area contributed by atoms with Crippen molar-refractivity contribution < 1.29 is 0 Å². The lowest BCUT2D eigenvalue weighted by molar-refractivity contribution is 0.463. The summed E-state index contributed by atoms with van der Waals surface area (Å²) in [5, 5.41) is 3.42. The van der Waals surface area contributed by atoms with Gasteiger partial charge in [0.2, 0.25) is 0 Å². The Labute approximate surface area is 51.5 Å². The third-order valence-corrected chi connectivity index (χ3v) is 2.21. The van der Waals surface area contributed by atoms with Crippen LogP contribution in [-0.2, 0) is 0 Å². The van der Waals surface area contributed by atoms with Gasteiger partial charge >= 0.3 is 0 Å². The van der Waals surface area contributed by atoms with Gasteiger partial charge in [0, 0.05) is 6.04 Å². The quantitative estimate of drug-likeness (QED) is 0.542. The van der Waals surface area contributed by atoms with Crippen molar-refractivity contribution in [3.05, 3.63) is 0 Å². The average Bonchev–Trinajstić information content (AvgIpc) is 2.14. The van der Waals surface area contributed by atoms with E-state index in [-0.39, 0.29) is 0 Å². The molecule has 1 heteroatoms. The van der Waals surface area contributed by atoms with Crippen LogP contribution < -0.4 is 5.32 Å². The molecule has 0 saturated carbocycles. The number of rotatable bonds is 1. The second-order valence-electron chi connectivity index (χ2n) is 2.70. The highest BCUT2D eigenvalue weighted by molar-refractivity contribution is 4.78. The molecule has 2 atom stereocenters. The van der Waals surface area contributed by atoms with E-state index in [1.54, 1.807) is 0 Å². The highest BCUT2D eigenvalue weighted by Gasteiger charge is 2.19. The van der Waals surface area contributed by atoms with E-state index in [2.05, 4.69) is 19.2 Å². The summed E-state index contributed by atoms with van der Waals surface area (Å²) in [6.07, 6.45) is 2.73. The van der Waals surface area contributed by atoms with Crippen LogP contribution in [0.3, 0.4) is 0 Å². The van der Waals surface area contributed by atoms with Crippen LogP contribution in [0, 0.1) is 5.92 Å². The lowest BCUT2D eigenvalue weighted by atomic mass is 10.00. The fraction of sp³-hybridized carbons (Fsp3) is 1.00. The second kappa shape index (κ2) is 2.49. The maximum absolute atomic E-state index is 3.42. The molecule has 1 fully saturated rings. The highest BCUT2D eigenvalue weighted by Crippen LogP contribution is 2.17. The van der Waals surface area contributed by atoms with Gasteiger partial charge in [0.25, 0.3) is 0 Å². The normalized spacial score (nSPS) is 38.2. The molecule has 0 amide bonds. The Morgan fingerprint density at radius 3 is 2.62 bits per heavy atom. The SMILES string of the molecule is CC[C@H]1CCN[C@@H]1C. The molecule has 1 N–H and O–H groups in total. The van der Waals surface area contributed by atoms with Crippen molar-refractivity contribution in [1.82, 2.24) is 5.32 Å². The molecule has 1 nitrogen and oxygen atoms in total. The van der Waals surface area contributed by atoms with E-state index in [0.29, 0.717) is 0 Å². The zero-order valence-electron chi connectivity index (χ0n) is 5.78. The van der Waals surface area contributed by atoms with Crippen molar-refractivity contribution in [1.29, 1.82) is 0 Å². The van der Waals surface area contributed by atoms with Crippen molar-refractivity contribution >= 4 is 0 Å². The molecule has 0 aromatic heterocycles. The van der Waals surface area contributed by atoms with Crippen LogP contribution in [0.4, 0.5) is 0 Å². The van der Waals surface area contributed by atoms with Crippen LogP contribution in [0.1, 0.15) is 26.7 Å². The first kappa shape index (κ1) is 6.09. The van der Waals surface area contributed by atoms with Gasteiger partial charge in [-0.15, -0.1) is 0 Å². The molecule has 1 heterocycles. The molecular formula is C7H15N. The Balaban J connectivity index is 2.30. The summed E-state index contributed by atoms with van der Waals surface area (Å²) < 4.78 is 0. The predicted molar refractivity (Wildman–Crippen MR) is 35.9 cm³/mol. The molecule has 48 valence electrons. The molecule has 8 heavy (non-hydrogen) atoms. The first-order valence-electron chi connectivity index (χ1n) is 3.58. The predicted octanol–water partition coefficient (Wildman–Crippen LogP) is 1.39. The maximum atomic E-state index is 3.42. The van der Waals surface area contributed by atoms with Crippen LogP contribution in [0.2, 0.25) is 0 Å². The smallest absolute Gasteiger partial charge is 0.00673 e. The topological polar surface area (TPSA) is 12.0 Å². The highest BCUT2D eigenvalue weighted by atomic mass is 14.9. The van der Waals surface area contributed by atoms with Gasteiger partial charge in [-0.05, 0) is 25.8 Å². The molecule has 0 aliphatic carbocycles. The molecule has 0 radical (unpaired) electrons. The molecule has 0 aromatic carbocycles. The van der Waals surface area contributed by atoms with Crippen LogP contribution in [0.15, 0.2) is 0 Å². The Bertz CT molecular complexity index is 70.8. The summed E-state index contributed by atoms with van der Waals surface area (Å²) in [6, 6.07) is 0.778. The largest absolute Gasteiger partial charge is 0.314 e. The van der Waals surface area contributed by atoms with Gasteiger partial charge in [-0.3, -0.25) is 0 Å². The van der Waals surface area contributed by atoms with E-state index in [4.69, 9.17) is 0 Å². The van der Waals surface area contributed by atoms with Gasteiger partial charge in [-0.25, -0.2) is 0 Å². The lowest BCUT2D eigenvalue weighted by Crippen LogP contribution is -2.22. The van der Waals surface area contributed by atoms with Gasteiger partial charge in [-0.1, -0.05) is 13.3 Å². The average molecular weight is 113 g/mol. The van der Waals surface area contributed by atoms with Crippen molar-refractivity contribution in [2.75, 3.05) is 6.54 Å². The summed E-state index contributed by atoms with van der Waals surface area (Å²) >= 11 is 0. The third-order valence-electron chi connectivity index (χ3n) is 2.21. The zero-order valence-corrected chi connectivity index (χ0v) is 5.78.